The van der Waals surface area contributed by atoms with Crippen LogP contribution in [0.3, 0.4) is 0 Å². The first kappa shape index (κ1) is 9.43. The van der Waals surface area contributed by atoms with Crippen molar-refractivity contribution in [1.82, 2.24) is 0 Å². The summed E-state index contributed by atoms with van der Waals surface area (Å²) in [7, 11) is 0. The van der Waals surface area contributed by atoms with Crippen molar-refractivity contribution in [3.8, 4) is 23.7 Å². The second-order valence-electron chi connectivity index (χ2n) is 2.55. The van der Waals surface area contributed by atoms with Crippen molar-refractivity contribution in [3.63, 3.8) is 0 Å². The summed E-state index contributed by atoms with van der Waals surface area (Å²) < 4.78 is 0. The molecule has 0 aliphatic rings. The number of hydrogen-bond donors (Lipinski definition) is 0. The molecule has 0 unspecified atom stereocenters. The molecule has 0 saturated heterocycles. The molecule has 0 atom stereocenters. The molecule has 0 heterocycles. The molecule has 0 bridgehead atoms. The molecule has 0 N–H and O–H groups in total. The first-order valence-electron chi connectivity index (χ1n) is 4.43. The molecule has 0 spiro atoms. The lowest BCUT2D eigenvalue weighted by molar-refractivity contribution is 1.27. The van der Waals surface area contributed by atoms with Crippen molar-refractivity contribution in [1.29, 1.82) is 0 Å². The molecule has 0 radical (unpaired) electrons. The SMILES string of the molecule is CCC#CCC#Cc1ccccc1. The highest BCUT2D eigenvalue weighted by molar-refractivity contribution is 5.34. The van der Waals surface area contributed by atoms with Crippen LogP contribution < -0.4 is 0 Å². The van der Waals surface area contributed by atoms with Crippen LogP contribution in [0.2, 0.25) is 0 Å². The Morgan fingerprint density at radius 3 is 2.46 bits per heavy atom. The van der Waals surface area contributed by atoms with E-state index in [0.29, 0.717) is 6.42 Å². The standard InChI is InChI=1S/C13H12/c1-2-3-4-5-7-10-13-11-8-6-9-12-13/h6,8-9,11-12H,2,5H2,1H3. The molecule has 64 valence electrons. The van der Waals surface area contributed by atoms with Gasteiger partial charge in [0.1, 0.15) is 0 Å². The van der Waals surface area contributed by atoms with Gasteiger partial charge in [-0.2, -0.15) is 0 Å². The van der Waals surface area contributed by atoms with Gasteiger partial charge < -0.3 is 0 Å². The van der Waals surface area contributed by atoms with Crippen molar-refractivity contribution < 1.29 is 0 Å². The zero-order valence-corrected chi connectivity index (χ0v) is 7.80. The Morgan fingerprint density at radius 2 is 1.77 bits per heavy atom. The van der Waals surface area contributed by atoms with Crippen molar-refractivity contribution in [3.05, 3.63) is 35.9 Å². The van der Waals surface area contributed by atoms with Crippen molar-refractivity contribution in [2.75, 3.05) is 0 Å². The van der Waals surface area contributed by atoms with Crippen LogP contribution in [0.4, 0.5) is 0 Å². The molecule has 13 heavy (non-hydrogen) atoms. The molecule has 0 aliphatic heterocycles. The van der Waals surface area contributed by atoms with Crippen LogP contribution in [0.25, 0.3) is 0 Å². The minimum Gasteiger partial charge on any atom is -0.103 e. The van der Waals surface area contributed by atoms with Crippen molar-refractivity contribution >= 4 is 0 Å². The summed E-state index contributed by atoms with van der Waals surface area (Å²) in [5.41, 5.74) is 1.06. The average molecular weight is 168 g/mol. The number of benzene rings is 1. The zero-order chi connectivity index (χ0) is 9.36. The molecule has 1 aromatic rings. The van der Waals surface area contributed by atoms with Gasteiger partial charge in [0.25, 0.3) is 0 Å². The lowest BCUT2D eigenvalue weighted by Gasteiger charge is -1.84. The molecule has 0 aliphatic carbocycles. The van der Waals surface area contributed by atoms with Gasteiger partial charge in [0, 0.05) is 12.0 Å². The van der Waals surface area contributed by atoms with E-state index in [0.717, 1.165) is 12.0 Å². The zero-order valence-electron chi connectivity index (χ0n) is 7.80. The van der Waals surface area contributed by atoms with Gasteiger partial charge in [0.05, 0.1) is 6.42 Å². The van der Waals surface area contributed by atoms with Crippen LogP contribution in [0, 0.1) is 23.7 Å². The predicted octanol–water partition coefficient (Wildman–Crippen LogP) is 2.84. The fraction of sp³-hybridized carbons (Fsp3) is 0.231. The lowest BCUT2D eigenvalue weighted by atomic mass is 10.2. The largest absolute Gasteiger partial charge is 0.103 e. The maximum absolute atomic E-state index is 3.05. The van der Waals surface area contributed by atoms with Crippen LogP contribution in [0.15, 0.2) is 30.3 Å². The Labute approximate surface area is 80.0 Å². The van der Waals surface area contributed by atoms with E-state index in [1.165, 1.54) is 0 Å². The highest BCUT2D eigenvalue weighted by atomic mass is 13.8. The number of rotatable bonds is 0. The summed E-state index contributed by atoms with van der Waals surface area (Å²) in [6, 6.07) is 9.96. The van der Waals surface area contributed by atoms with E-state index >= 15 is 0 Å². The monoisotopic (exact) mass is 168 g/mol. The molecule has 0 amide bonds. The van der Waals surface area contributed by atoms with E-state index in [1.807, 2.05) is 37.3 Å². The Bertz CT molecular complexity index is 352. The van der Waals surface area contributed by atoms with E-state index < -0.39 is 0 Å². The predicted molar refractivity (Wildman–Crippen MR) is 56.0 cm³/mol. The summed E-state index contributed by atoms with van der Waals surface area (Å²) in [6.45, 7) is 2.04. The first-order valence-corrected chi connectivity index (χ1v) is 4.43. The average Bonchev–Trinajstić information content (AvgIpc) is 2.19. The second kappa shape index (κ2) is 5.92. The normalized spacial score (nSPS) is 7.77. The maximum atomic E-state index is 3.05. The van der Waals surface area contributed by atoms with E-state index in [9.17, 15) is 0 Å². The first-order chi connectivity index (χ1) is 6.43. The summed E-state index contributed by atoms with van der Waals surface area (Å²) >= 11 is 0. The van der Waals surface area contributed by atoms with Crippen molar-refractivity contribution in [2.24, 2.45) is 0 Å². The molecule has 1 aromatic carbocycles. The Morgan fingerprint density at radius 1 is 1.00 bits per heavy atom. The third-order valence-corrected chi connectivity index (χ3v) is 1.49. The highest BCUT2D eigenvalue weighted by Gasteiger charge is 1.79. The van der Waals surface area contributed by atoms with Gasteiger partial charge in [-0.1, -0.05) is 42.9 Å². The van der Waals surface area contributed by atoms with Gasteiger partial charge in [-0.05, 0) is 12.1 Å². The summed E-state index contributed by atoms with van der Waals surface area (Å²) in [5, 5.41) is 0. The molecule has 0 saturated carbocycles. The second-order valence-corrected chi connectivity index (χ2v) is 2.55. The van der Waals surface area contributed by atoms with Crippen molar-refractivity contribution in [2.45, 2.75) is 19.8 Å². The van der Waals surface area contributed by atoms with Gasteiger partial charge >= 0.3 is 0 Å². The molecule has 0 nitrogen and oxygen atoms in total. The van der Waals surface area contributed by atoms with Crippen LogP contribution in [-0.4, -0.2) is 0 Å². The van der Waals surface area contributed by atoms with Gasteiger partial charge in [-0.15, -0.1) is 5.92 Å². The van der Waals surface area contributed by atoms with Crippen LogP contribution in [0.1, 0.15) is 25.3 Å². The minimum absolute atomic E-state index is 0.669. The Kier molecular flexibility index (Phi) is 4.30. The summed E-state index contributed by atoms with van der Waals surface area (Å²) in [4.78, 5) is 0. The molecule has 0 fully saturated rings. The highest BCUT2D eigenvalue weighted by Crippen LogP contribution is 1.94. The van der Waals surface area contributed by atoms with Crippen LogP contribution in [-0.2, 0) is 0 Å². The number of hydrogen-bond acceptors (Lipinski definition) is 0. The van der Waals surface area contributed by atoms with Gasteiger partial charge in [-0.25, -0.2) is 0 Å². The molecule has 0 aromatic heterocycles. The maximum Gasteiger partial charge on any atom is 0.0706 e. The molecular weight excluding hydrogens is 156 g/mol. The third-order valence-electron chi connectivity index (χ3n) is 1.49. The minimum atomic E-state index is 0.669. The van der Waals surface area contributed by atoms with Crippen LogP contribution in [0.5, 0.6) is 0 Å². The quantitative estimate of drug-likeness (QED) is 0.522. The fourth-order valence-corrected chi connectivity index (χ4v) is 0.899. The van der Waals surface area contributed by atoms with E-state index in [2.05, 4.69) is 23.7 Å². The smallest absolute Gasteiger partial charge is 0.0706 e. The third kappa shape index (κ3) is 4.04. The van der Waals surface area contributed by atoms with Gasteiger partial charge in [0.2, 0.25) is 0 Å². The lowest BCUT2D eigenvalue weighted by Crippen LogP contribution is -1.70. The van der Waals surface area contributed by atoms with E-state index in [1.54, 1.807) is 0 Å². The molecule has 0 heteroatoms. The summed E-state index contributed by atoms with van der Waals surface area (Å²) in [6.07, 6.45) is 1.58. The summed E-state index contributed by atoms with van der Waals surface area (Å²) in [5.74, 6) is 12.0. The molecule has 1 rings (SSSR count). The van der Waals surface area contributed by atoms with Crippen LogP contribution >= 0.6 is 0 Å². The Hall–Kier alpha value is -1.66. The van der Waals surface area contributed by atoms with Gasteiger partial charge in [0.15, 0.2) is 0 Å². The fourth-order valence-electron chi connectivity index (χ4n) is 0.899. The van der Waals surface area contributed by atoms with Gasteiger partial charge in [-0.3, -0.25) is 0 Å². The topological polar surface area (TPSA) is 0 Å². The van der Waals surface area contributed by atoms with E-state index in [-0.39, 0.29) is 0 Å². The Balaban J connectivity index is 2.49. The van der Waals surface area contributed by atoms with E-state index in [4.69, 9.17) is 0 Å². The molecular formula is C13H12.